The standard InChI is InChI=1S/C19H18N4/c20-9-14-1-2-19-17(7-14)18(12-23-19)16-8-15(16)11-22-10-13-3-5-21-6-4-13/h1-7,12,15-16,22-23H,8,10-11H2/t15-,16+/m0/s1. The van der Waals surface area contributed by atoms with E-state index in [1.165, 1.54) is 22.9 Å². The van der Waals surface area contributed by atoms with Crippen LogP contribution < -0.4 is 5.32 Å². The maximum atomic E-state index is 9.08. The zero-order chi connectivity index (χ0) is 15.6. The first kappa shape index (κ1) is 14.0. The van der Waals surface area contributed by atoms with Gasteiger partial charge in [-0.15, -0.1) is 0 Å². The molecular weight excluding hydrogens is 284 g/mol. The number of aromatic nitrogens is 2. The predicted molar refractivity (Wildman–Crippen MR) is 89.8 cm³/mol. The molecule has 0 spiro atoms. The lowest BCUT2D eigenvalue weighted by Gasteiger charge is -2.04. The van der Waals surface area contributed by atoms with Crippen molar-refractivity contribution in [1.29, 1.82) is 5.26 Å². The third-order valence-corrected chi connectivity index (χ3v) is 4.65. The van der Waals surface area contributed by atoms with E-state index in [4.69, 9.17) is 5.26 Å². The summed E-state index contributed by atoms with van der Waals surface area (Å²) >= 11 is 0. The maximum absolute atomic E-state index is 9.08. The molecule has 3 aromatic rings. The van der Waals surface area contributed by atoms with Crippen molar-refractivity contribution in [3.05, 3.63) is 65.6 Å². The van der Waals surface area contributed by atoms with Crippen LogP contribution in [0.15, 0.2) is 48.9 Å². The first-order valence-electron chi connectivity index (χ1n) is 7.96. The van der Waals surface area contributed by atoms with Gasteiger partial charge in [-0.1, -0.05) is 0 Å². The van der Waals surface area contributed by atoms with E-state index in [-0.39, 0.29) is 0 Å². The van der Waals surface area contributed by atoms with Crippen LogP contribution in [0.2, 0.25) is 0 Å². The lowest BCUT2D eigenvalue weighted by molar-refractivity contribution is 0.627. The summed E-state index contributed by atoms with van der Waals surface area (Å²) in [4.78, 5) is 7.36. The largest absolute Gasteiger partial charge is 0.361 e. The average molecular weight is 302 g/mol. The van der Waals surface area contributed by atoms with Gasteiger partial charge in [0.2, 0.25) is 0 Å². The van der Waals surface area contributed by atoms with E-state index in [9.17, 15) is 0 Å². The van der Waals surface area contributed by atoms with Gasteiger partial charge in [-0.25, -0.2) is 0 Å². The van der Waals surface area contributed by atoms with Crippen LogP contribution in [0, 0.1) is 17.2 Å². The molecule has 0 unspecified atom stereocenters. The number of pyridine rings is 1. The van der Waals surface area contributed by atoms with E-state index >= 15 is 0 Å². The number of nitrogens with zero attached hydrogens (tertiary/aromatic N) is 2. The fraction of sp³-hybridized carbons (Fsp3) is 0.263. The highest BCUT2D eigenvalue weighted by Gasteiger charge is 2.39. The average Bonchev–Trinajstić information content (AvgIpc) is 3.24. The fourth-order valence-corrected chi connectivity index (χ4v) is 3.28. The van der Waals surface area contributed by atoms with Crippen LogP contribution in [0.1, 0.15) is 29.0 Å². The van der Waals surface area contributed by atoms with E-state index in [2.05, 4.69) is 27.6 Å². The highest BCUT2D eigenvalue weighted by atomic mass is 14.9. The zero-order valence-electron chi connectivity index (χ0n) is 12.8. The predicted octanol–water partition coefficient (Wildman–Crippen LogP) is 3.33. The van der Waals surface area contributed by atoms with Gasteiger partial charge in [0.25, 0.3) is 0 Å². The molecule has 4 nitrogen and oxygen atoms in total. The molecule has 1 aliphatic carbocycles. The second kappa shape index (κ2) is 5.86. The Morgan fingerprint density at radius 2 is 2.13 bits per heavy atom. The summed E-state index contributed by atoms with van der Waals surface area (Å²) in [7, 11) is 0. The van der Waals surface area contributed by atoms with Gasteiger partial charge in [-0.05, 0) is 66.3 Å². The highest BCUT2D eigenvalue weighted by molar-refractivity contribution is 5.85. The lowest BCUT2D eigenvalue weighted by atomic mass is 10.1. The monoisotopic (exact) mass is 302 g/mol. The van der Waals surface area contributed by atoms with Crippen molar-refractivity contribution in [2.75, 3.05) is 6.54 Å². The van der Waals surface area contributed by atoms with E-state index in [1.54, 1.807) is 0 Å². The fourth-order valence-electron chi connectivity index (χ4n) is 3.28. The number of fused-ring (bicyclic) bond motifs is 1. The summed E-state index contributed by atoms with van der Waals surface area (Å²) in [6, 6.07) is 12.2. The van der Waals surface area contributed by atoms with E-state index in [0.717, 1.165) is 24.2 Å². The molecule has 1 saturated carbocycles. The Hall–Kier alpha value is -2.64. The Kier molecular flexibility index (Phi) is 3.57. The topological polar surface area (TPSA) is 64.5 Å². The van der Waals surface area contributed by atoms with Crippen molar-refractivity contribution < 1.29 is 0 Å². The second-order valence-electron chi connectivity index (χ2n) is 6.20. The minimum atomic E-state index is 0.600. The van der Waals surface area contributed by atoms with Gasteiger partial charge in [-0.2, -0.15) is 5.26 Å². The van der Waals surface area contributed by atoms with Gasteiger partial charge in [0.05, 0.1) is 11.6 Å². The van der Waals surface area contributed by atoms with Crippen LogP contribution in [0.25, 0.3) is 10.9 Å². The van der Waals surface area contributed by atoms with Gasteiger partial charge < -0.3 is 10.3 Å². The summed E-state index contributed by atoms with van der Waals surface area (Å²) in [5.74, 6) is 1.28. The second-order valence-corrected chi connectivity index (χ2v) is 6.20. The number of nitrogens with one attached hydrogen (secondary N) is 2. The number of nitriles is 1. The van der Waals surface area contributed by atoms with Crippen LogP contribution >= 0.6 is 0 Å². The first-order valence-corrected chi connectivity index (χ1v) is 7.96. The van der Waals surface area contributed by atoms with Crippen molar-refractivity contribution >= 4 is 10.9 Å². The molecule has 23 heavy (non-hydrogen) atoms. The molecule has 4 rings (SSSR count). The number of hydrogen-bond acceptors (Lipinski definition) is 3. The molecule has 2 aromatic heterocycles. The number of H-pyrrole nitrogens is 1. The minimum absolute atomic E-state index is 0.600. The van der Waals surface area contributed by atoms with Crippen LogP contribution in [0.4, 0.5) is 0 Å². The molecule has 0 saturated heterocycles. The van der Waals surface area contributed by atoms with Crippen LogP contribution in [0.3, 0.4) is 0 Å². The van der Waals surface area contributed by atoms with Gasteiger partial charge in [0.15, 0.2) is 0 Å². The van der Waals surface area contributed by atoms with Crippen molar-refractivity contribution in [2.45, 2.75) is 18.9 Å². The molecule has 1 aromatic carbocycles. The molecule has 0 bridgehead atoms. The van der Waals surface area contributed by atoms with Crippen LogP contribution in [0.5, 0.6) is 0 Å². The van der Waals surface area contributed by atoms with Gasteiger partial charge in [-0.3, -0.25) is 4.98 Å². The van der Waals surface area contributed by atoms with Gasteiger partial charge >= 0.3 is 0 Å². The summed E-state index contributed by atoms with van der Waals surface area (Å²) in [5, 5.41) is 13.8. The molecular formula is C19H18N4. The van der Waals surface area contributed by atoms with Crippen LogP contribution in [-0.4, -0.2) is 16.5 Å². The summed E-state index contributed by atoms with van der Waals surface area (Å²) < 4.78 is 0. The third-order valence-electron chi connectivity index (χ3n) is 4.65. The zero-order valence-corrected chi connectivity index (χ0v) is 12.8. The van der Waals surface area contributed by atoms with Crippen molar-refractivity contribution in [3.63, 3.8) is 0 Å². The highest BCUT2D eigenvalue weighted by Crippen LogP contribution is 2.49. The number of rotatable bonds is 5. The van der Waals surface area contributed by atoms with E-state index < -0.39 is 0 Å². The molecule has 0 aliphatic heterocycles. The molecule has 4 heteroatoms. The van der Waals surface area contributed by atoms with E-state index in [1.807, 2.05) is 42.7 Å². The smallest absolute Gasteiger partial charge is 0.0991 e. The molecule has 2 atom stereocenters. The lowest BCUT2D eigenvalue weighted by Crippen LogP contribution is -2.16. The first-order chi connectivity index (χ1) is 11.3. The minimum Gasteiger partial charge on any atom is -0.361 e. The van der Waals surface area contributed by atoms with Gasteiger partial charge in [0, 0.05) is 36.0 Å². The molecule has 1 aliphatic rings. The Morgan fingerprint density at radius 1 is 1.26 bits per heavy atom. The van der Waals surface area contributed by atoms with Gasteiger partial charge in [0.1, 0.15) is 0 Å². The molecule has 1 fully saturated rings. The summed E-state index contributed by atoms with van der Waals surface area (Å²) in [6.45, 7) is 1.91. The van der Waals surface area contributed by atoms with Crippen molar-refractivity contribution in [2.24, 2.45) is 5.92 Å². The Morgan fingerprint density at radius 3 is 2.96 bits per heavy atom. The van der Waals surface area contributed by atoms with Crippen molar-refractivity contribution in [3.8, 4) is 6.07 Å². The summed E-state index contributed by atoms with van der Waals surface area (Å²) in [6.07, 6.45) is 6.98. The number of aromatic amines is 1. The quantitative estimate of drug-likeness (QED) is 0.760. The van der Waals surface area contributed by atoms with Crippen molar-refractivity contribution in [1.82, 2.24) is 15.3 Å². The van der Waals surface area contributed by atoms with E-state index in [0.29, 0.717) is 11.8 Å². The Balaban J connectivity index is 1.40. The summed E-state index contributed by atoms with van der Waals surface area (Å²) in [5.41, 5.74) is 4.47. The molecule has 0 radical (unpaired) electrons. The van der Waals surface area contributed by atoms with Crippen LogP contribution in [-0.2, 0) is 6.54 Å². The number of hydrogen-bond donors (Lipinski definition) is 2. The molecule has 2 heterocycles. The molecule has 2 N–H and O–H groups in total. The Bertz CT molecular complexity index is 860. The Labute approximate surface area is 135 Å². The molecule has 0 amide bonds. The normalized spacial score (nSPS) is 19.6. The maximum Gasteiger partial charge on any atom is 0.0991 e. The molecule has 114 valence electrons. The SMILES string of the molecule is N#Cc1ccc2[nH]cc([C@@H]3C[C@H]3CNCc3ccncc3)c2c1. The number of benzene rings is 1. The third kappa shape index (κ3) is 2.84.